The summed E-state index contributed by atoms with van der Waals surface area (Å²) in [6.07, 6.45) is 1.58. The van der Waals surface area contributed by atoms with Crippen LogP contribution in [-0.2, 0) is 6.61 Å². The summed E-state index contributed by atoms with van der Waals surface area (Å²) >= 11 is 0. The predicted octanol–water partition coefficient (Wildman–Crippen LogP) is 2.56. The molecule has 0 fully saturated rings. The van der Waals surface area contributed by atoms with Crippen molar-refractivity contribution in [2.45, 2.75) is 6.61 Å². The molecule has 0 aliphatic carbocycles. The molecule has 4 nitrogen and oxygen atoms in total. The number of ether oxygens (including phenoxy) is 1. The molecule has 0 unspecified atom stereocenters. The van der Waals surface area contributed by atoms with E-state index in [1.165, 1.54) is 12.1 Å². The summed E-state index contributed by atoms with van der Waals surface area (Å²) in [6.45, 7) is 0.333. The van der Waals surface area contributed by atoms with Gasteiger partial charge in [0.1, 0.15) is 18.1 Å². The second kappa shape index (κ2) is 4.53. The molecule has 0 aliphatic heterocycles. The highest BCUT2D eigenvalue weighted by Crippen LogP contribution is 2.14. The van der Waals surface area contributed by atoms with E-state index >= 15 is 0 Å². The van der Waals surface area contributed by atoms with Crippen molar-refractivity contribution in [3.8, 4) is 5.75 Å². The number of rotatable bonds is 4. The van der Waals surface area contributed by atoms with Crippen LogP contribution in [0.25, 0.3) is 0 Å². The van der Waals surface area contributed by atoms with Gasteiger partial charge in [0, 0.05) is 0 Å². The van der Waals surface area contributed by atoms with Crippen LogP contribution in [0.2, 0.25) is 0 Å². The van der Waals surface area contributed by atoms with Gasteiger partial charge in [-0.15, -0.1) is 0 Å². The molecular formula is C12H10O4. The summed E-state index contributed by atoms with van der Waals surface area (Å²) in [5, 5.41) is 8.70. The number of carboxylic acid groups (broad SMARTS) is 1. The summed E-state index contributed by atoms with van der Waals surface area (Å²) in [4.78, 5) is 10.6. The summed E-state index contributed by atoms with van der Waals surface area (Å²) in [5.41, 5.74) is 0.241. The van der Waals surface area contributed by atoms with Crippen LogP contribution in [0.3, 0.4) is 0 Å². The minimum atomic E-state index is -0.947. The minimum absolute atomic E-state index is 0.241. The van der Waals surface area contributed by atoms with Crippen molar-refractivity contribution in [1.29, 1.82) is 0 Å². The standard InChI is InChI=1S/C12H10O4/c13-12(14)9-3-5-10(6-4-9)16-8-11-2-1-7-15-11/h1-7H,8H2,(H,13,14). The van der Waals surface area contributed by atoms with Gasteiger partial charge in [-0.2, -0.15) is 0 Å². The molecule has 4 heteroatoms. The van der Waals surface area contributed by atoms with Crippen molar-refractivity contribution in [3.63, 3.8) is 0 Å². The third kappa shape index (κ3) is 2.42. The zero-order valence-electron chi connectivity index (χ0n) is 8.42. The molecule has 1 N–H and O–H groups in total. The molecule has 1 aromatic carbocycles. The molecule has 0 aliphatic rings. The average molecular weight is 218 g/mol. The van der Waals surface area contributed by atoms with E-state index in [2.05, 4.69) is 0 Å². The molecular weight excluding hydrogens is 208 g/mol. The van der Waals surface area contributed by atoms with Crippen molar-refractivity contribution in [3.05, 3.63) is 54.0 Å². The van der Waals surface area contributed by atoms with Gasteiger partial charge >= 0.3 is 5.97 Å². The topological polar surface area (TPSA) is 59.7 Å². The Bertz CT molecular complexity index is 456. The van der Waals surface area contributed by atoms with Crippen molar-refractivity contribution in [1.82, 2.24) is 0 Å². The van der Waals surface area contributed by atoms with Crippen LogP contribution >= 0.6 is 0 Å². The molecule has 2 aromatic rings. The van der Waals surface area contributed by atoms with Gasteiger partial charge in [-0.3, -0.25) is 0 Å². The van der Waals surface area contributed by atoms with E-state index in [1.807, 2.05) is 6.07 Å². The maximum absolute atomic E-state index is 10.6. The van der Waals surface area contributed by atoms with Crippen LogP contribution in [0.5, 0.6) is 5.75 Å². The van der Waals surface area contributed by atoms with Crippen LogP contribution < -0.4 is 4.74 Å². The van der Waals surface area contributed by atoms with Gasteiger partial charge in [-0.05, 0) is 36.4 Å². The number of benzene rings is 1. The number of hydrogen-bond acceptors (Lipinski definition) is 3. The zero-order chi connectivity index (χ0) is 11.4. The number of carboxylic acids is 1. The molecule has 82 valence electrons. The highest BCUT2D eigenvalue weighted by atomic mass is 16.5. The zero-order valence-corrected chi connectivity index (χ0v) is 8.42. The van der Waals surface area contributed by atoms with E-state index < -0.39 is 5.97 Å². The first-order valence-electron chi connectivity index (χ1n) is 4.74. The fourth-order valence-electron chi connectivity index (χ4n) is 1.24. The first kappa shape index (κ1) is 10.3. The molecule has 2 rings (SSSR count). The molecule has 0 bridgehead atoms. The molecule has 0 saturated carbocycles. The quantitative estimate of drug-likeness (QED) is 0.856. The maximum atomic E-state index is 10.6. The van der Waals surface area contributed by atoms with Crippen molar-refractivity contribution < 1.29 is 19.1 Å². The Kier molecular flexibility index (Phi) is 2.91. The molecule has 0 atom stereocenters. The van der Waals surface area contributed by atoms with Crippen molar-refractivity contribution >= 4 is 5.97 Å². The van der Waals surface area contributed by atoms with E-state index in [0.717, 1.165) is 5.76 Å². The highest BCUT2D eigenvalue weighted by molar-refractivity contribution is 5.87. The third-order valence-electron chi connectivity index (χ3n) is 2.06. The van der Waals surface area contributed by atoms with Gasteiger partial charge in [0.05, 0.1) is 11.8 Å². The molecule has 0 spiro atoms. The van der Waals surface area contributed by atoms with E-state index in [-0.39, 0.29) is 5.56 Å². The Morgan fingerprint density at radius 1 is 1.25 bits per heavy atom. The molecule has 0 radical (unpaired) electrons. The summed E-state index contributed by atoms with van der Waals surface area (Å²) in [5.74, 6) is 0.390. The van der Waals surface area contributed by atoms with Gasteiger partial charge in [0.2, 0.25) is 0 Å². The van der Waals surface area contributed by atoms with Crippen LogP contribution in [-0.4, -0.2) is 11.1 Å². The lowest BCUT2D eigenvalue weighted by atomic mass is 10.2. The number of aromatic carboxylic acids is 1. The Hall–Kier alpha value is -2.23. The second-order valence-electron chi connectivity index (χ2n) is 3.20. The Balaban J connectivity index is 1.98. The minimum Gasteiger partial charge on any atom is -0.486 e. The van der Waals surface area contributed by atoms with Gasteiger partial charge in [-0.25, -0.2) is 4.79 Å². The first-order chi connectivity index (χ1) is 7.75. The number of carbonyl (C=O) groups is 1. The fourth-order valence-corrected chi connectivity index (χ4v) is 1.24. The van der Waals surface area contributed by atoms with Crippen molar-refractivity contribution in [2.24, 2.45) is 0 Å². The van der Waals surface area contributed by atoms with Crippen LogP contribution in [0.1, 0.15) is 16.1 Å². The normalized spacial score (nSPS) is 10.0. The Labute approximate surface area is 92.1 Å². The molecule has 1 heterocycles. The SMILES string of the molecule is O=C(O)c1ccc(OCc2ccco2)cc1. The van der Waals surface area contributed by atoms with Gasteiger partial charge in [0.25, 0.3) is 0 Å². The Morgan fingerprint density at radius 3 is 2.56 bits per heavy atom. The van der Waals surface area contributed by atoms with E-state index in [9.17, 15) is 4.79 Å². The lowest BCUT2D eigenvalue weighted by Gasteiger charge is -2.03. The summed E-state index contributed by atoms with van der Waals surface area (Å²) < 4.78 is 10.5. The maximum Gasteiger partial charge on any atom is 0.335 e. The van der Waals surface area contributed by atoms with E-state index in [1.54, 1.807) is 24.5 Å². The average Bonchev–Trinajstić information content (AvgIpc) is 2.80. The van der Waals surface area contributed by atoms with E-state index in [0.29, 0.717) is 12.4 Å². The van der Waals surface area contributed by atoms with Gasteiger partial charge in [-0.1, -0.05) is 0 Å². The predicted molar refractivity (Wildman–Crippen MR) is 56.4 cm³/mol. The molecule has 16 heavy (non-hydrogen) atoms. The second-order valence-corrected chi connectivity index (χ2v) is 3.20. The first-order valence-corrected chi connectivity index (χ1v) is 4.74. The lowest BCUT2D eigenvalue weighted by molar-refractivity contribution is 0.0697. The molecule has 0 amide bonds. The highest BCUT2D eigenvalue weighted by Gasteiger charge is 2.02. The van der Waals surface area contributed by atoms with Crippen LogP contribution in [0.4, 0.5) is 0 Å². The summed E-state index contributed by atoms with van der Waals surface area (Å²) in [7, 11) is 0. The number of furan rings is 1. The van der Waals surface area contributed by atoms with Crippen LogP contribution in [0, 0.1) is 0 Å². The van der Waals surface area contributed by atoms with Crippen LogP contribution in [0.15, 0.2) is 47.1 Å². The van der Waals surface area contributed by atoms with Gasteiger partial charge in [0.15, 0.2) is 0 Å². The van der Waals surface area contributed by atoms with Gasteiger partial charge < -0.3 is 14.3 Å². The molecule has 1 aromatic heterocycles. The number of hydrogen-bond donors (Lipinski definition) is 1. The molecule has 0 saturated heterocycles. The smallest absolute Gasteiger partial charge is 0.335 e. The monoisotopic (exact) mass is 218 g/mol. The summed E-state index contributed by atoms with van der Waals surface area (Å²) in [6, 6.07) is 9.83. The third-order valence-corrected chi connectivity index (χ3v) is 2.06. The fraction of sp³-hybridized carbons (Fsp3) is 0.0833. The van der Waals surface area contributed by atoms with Crippen molar-refractivity contribution in [2.75, 3.05) is 0 Å². The van der Waals surface area contributed by atoms with E-state index in [4.69, 9.17) is 14.3 Å². The Morgan fingerprint density at radius 2 is 2.00 bits per heavy atom. The lowest BCUT2D eigenvalue weighted by Crippen LogP contribution is -1.97. The largest absolute Gasteiger partial charge is 0.486 e.